The number of imidazole rings is 1. The molecule has 0 bridgehead atoms. The Kier molecular flexibility index (Phi) is 2.68. The first kappa shape index (κ1) is 10.6. The molecule has 1 aliphatic rings. The van der Waals surface area contributed by atoms with E-state index < -0.39 is 0 Å². The molecule has 1 aromatic carbocycles. The average molecular weight is 300 g/mol. The maximum atomic E-state index is 5.97. The van der Waals surface area contributed by atoms with Crippen LogP contribution < -0.4 is 0 Å². The van der Waals surface area contributed by atoms with E-state index >= 15 is 0 Å². The molecule has 0 spiro atoms. The number of benzene rings is 1. The minimum absolute atomic E-state index is 0.489. The molecule has 0 aliphatic heterocycles. The number of halogens is 2. The van der Waals surface area contributed by atoms with Gasteiger partial charge < -0.3 is 4.57 Å². The molecule has 84 valence electrons. The zero-order chi connectivity index (χ0) is 11.1. The molecule has 0 unspecified atom stereocenters. The van der Waals surface area contributed by atoms with E-state index in [0.29, 0.717) is 11.9 Å². The number of rotatable bonds is 2. The van der Waals surface area contributed by atoms with E-state index in [1.54, 1.807) is 0 Å². The van der Waals surface area contributed by atoms with Gasteiger partial charge in [0.05, 0.1) is 16.9 Å². The number of nitrogens with zero attached hydrogens (tertiary/aromatic N) is 2. The van der Waals surface area contributed by atoms with Gasteiger partial charge in [-0.1, -0.05) is 15.9 Å². The first-order valence-electron chi connectivity index (χ1n) is 5.52. The van der Waals surface area contributed by atoms with Gasteiger partial charge in [0.1, 0.15) is 5.82 Å². The Balaban J connectivity index is 2.22. The Hall–Kier alpha value is -0.540. The summed E-state index contributed by atoms with van der Waals surface area (Å²) in [4.78, 5) is 4.60. The number of hydrogen-bond acceptors (Lipinski definition) is 1. The Morgan fingerprint density at radius 2 is 2.25 bits per heavy atom. The van der Waals surface area contributed by atoms with E-state index in [1.165, 1.54) is 24.8 Å². The zero-order valence-electron chi connectivity index (χ0n) is 8.79. The SMILES string of the molecule is ClCc1nc2cc(Br)ccc2n1C1CCC1. The van der Waals surface area contributed by atoms with Gasteiger partial charge in [-0.25, -0.2) is 4.98 Å². The zero-order valence-corrected chi connectivity index (χ0v) is 11.1. The Labute approximate surface area is 108 Å². The summed E-state index contributed by atoms with van der Waals surface area (Å²) < 4.78 is 3.39. The quantitative estimate of drug-likeness (QED) is 0.758. The van der Waals surface area contributed by atoms with Crippen molar-refractivity contribution in [3.05, 3.63) is 28.5 Å². The predicted octanol–water partition coefficient (Wildman–Crippen LogP) is 4.26. The topological polar surface area (TPSA) is 17.8 Å². The maximum absolute atomic E-state index is 5.97. The predicted molar refractivity (Wildman–Crippen MR) is 69.9 cm³/mol. The highest BCUT2D eigenvalue weighted by atomic mass is 79.9. The highest BCUT2D eigenvalue weighted by Crippen LogP contribution is 2.36. The molecule has 2 nitrogen and oxygen atoms in total. The van der Waals surface area contributed by atoms with Gasteiger partial charge in [-0.3, -0.25) is 0 Å². The van der Waals surface area contributed by atoms with E-state index in [1.807, 2.05) is 0 Å². The van der Waals surface area contributed by atoms with Crippen molar-refractivity contribution in [1.29, 1.82) is 0 Å². The third-order valence-corrected chi connectivity index (χ3v) is 4.02. The van der Waals surface area contributed by atoms with Crippen LogP contribution in [0.5, 0.6) is 0 Å². The molecular formula is C12H12BrClN2. The van der Waals surface area contributed by atoms with Crippen LogP contribution in [0, 0.1) is 0 Å². The van der Waals surface area contributed by atoms with E-state index in [-0.39, 0.29) is 0 Å². The summed E-state index contributed by atoms with van der Waals surface area (Å²) in [6.45, 7) is 0. The Morgan fingerprint density at radius 1 is 1.44 bits per heavy atom. The Bertz CT molecular complexity index is 531. The molecule has 16 heavy (non-hydrogen) atoms. The molecule has 0 atom stereocenters. The lowest BCUT2D eigenvalue weighted by atomic mass is 9.92. The van der Waals surface area contributed by atoms with Crippen LogP contribution in [0.15, 0.2) is 22.7 Å². The number of fused-ring (bicyclic) bond motifs is 1. The highest BCUT2D eigenvalue weighted by molar-refractivity contribution is 9.10. The summed E-state index contributed by atoms with van der Waals surface area (Å²) in [6.07, 6.45) is 3.83. The molecule has 0 N–H and O–H groups in total. The van der Waals surface area contributed by atoms with Crippen LogP contribution in [0.25, 0.3) is 11.0 Å². The van der Waals surface area contributed by atoms with Crippen LogP contribution in [-0.2, 0) is 5.88 Å². The maximum Gasteiger partial charge on any atom is 0.125 e. The molecule has 0 saturated heterocycles. The summed E-state index contributed by atoms with van der Waals surface area (Å²) in [6, 6.07) is 6.86. The number of alkyl halides is 1. The summed E-state index contributed by atoms with van der Waals surface area (Å²) in [5.41, 5.74) is 2.25. The summed E-state index contributed by atoms with van der Waals surface area (Å²) >= 11 is 9.45. The molecule has 1 fully saturated rings. The minimum atomic E-state index is 0.489. The van der Waals surface area contributed by atoms with E-state index in [4.69, 9.17) is 11.6 Å². The second kappa shape index (κ2) is 4.04. The highest BCUT2D eigenvalue weighted by Gasteiger charge is 2.24. The second-order valence-electron chi connectivity index (χ2n) is 4.25. The van der Waals surface area contributed by atoms with Gasteiger partial charge in [0.15, 0.2) is 0 Å². The molecule has 1 aliphatic carbocycles. The van der Waals surface area contributed by atoms with Gasteiger partial charge in [0.2, 0.25) is 0 Å². The van der Waals surface area contributed by atoms with Crippen molar-refractivity contribution < 1.29 is 0 Å². The van der Waals surface area contributed by atoms with Crippen LogP contribution in [-0.4, -0.2) is 9.55 Å². The van der Waals surface area contributed by atoms with Crippen LogP contribution in [0.4, 0.5) is 0 Å². The van der Waals surface area contributed by atoms with Crippen molar-refractivity contribution >= 4 is 38.6 Å². The van der Waals surface area contributed by atoms with Gasteiger partial charge in [0, 0.05) is 10.5 Å². The fourth-order valence-corrected chi connectivity index (χ4v) is 2.81. The Morgan fingerprint density at radius 3 is 2.88 bits per heavy atom. The van der Waals surface area contributed by atoms with Crippen molar-refractivity contribution in [2.75, 3.05) is 0 Å². The molecule has 1 aromatic heterocycles. The third kappa shape index (κ3) is 1.57. The van der Waals surface area contributed by atoms with Gasteiger partial charge in [-0.15, -0.1) is 11.6 Å². The minimum Gasteiger partial charge on any atom is -0.324 e. The van der Waals surface area contributed by atoms with Gasteiger partial charge >= 0.3 is 0 Å². The third-order valence-electron chi connectivity index (χ3n) is 3.28. The lowest BCUT2D eigenvalue weighted by Gasteiger charge is -2.28. The van der Waals surface area contributed by atoms with E-state index in [9.17, 15) is 0 Å². The van der Waals surface area contributed by atoms with Crippen molar-refractivity contribution in [3.63, 3.8) is 0 Å². The van der Waals surface area contributed by atoms with Gasteiger partial charge in [-0.2, -0.15) is 0 Å². The molecule has 4 heteroatoms. The number of hydrogen-bond donors (Lipinski definition) is 0. The first-order chi connectivity index (χ1) is 7.79. The average Bonchev–Trinajstić information content (AvgIpc) is 2.54. The largest absolute Gasteiger partial charge is 0.324 e. The van der Waals surface area contributed by atoms with Crippen LogP contribution >= 0.6 is 27.5 Å². The lowest BCUT2D eigenvalue weighted by molar-refractivity contribution is 0.315. The van der Waals surface area contributed by atoms with Crippen molar-refractivity contribution in [2.24, 2.45) is 0 Å². The van der Waals surface area contributed by atoms with Crippen LogP contribution in [0.2, 0.25) is 0 Å². The molecule has 1 saturated carbocycles. The second-order valence-corrected chi connectivity index (χ2v) is 5.43. The van der Waals surface area contributed by atoms with Gasteiger partial charge in [0.25, 0.3) is 0 Å². The van der Waals surface area contributed by atoms with Crippen molar-refractivity contribution in [3.8, 4) is 0 Å². The molecular weight excluding hydrogens is 288 g/mol. The molecule has 1 heterocycles. The normalized spacial score (nSPS) is 16.6. The fourth-order valence-electron chi connectivity index (χ4n) is 2.27. The van der Waals surface area contributed by atoms with Gasteiger partial charge in [-0.05, 0) is 37.5 Å². The summed E-state index contributed by atoms with van der Waals surface area (Å²) in [5, 5.41) is 0. The molecule has 0 amide bonds. The monoisotopic (exact) mass is 298 g/mol. The summed E-state index contributed by atoms with van der Waals surface area (Å²) in [7, 11) is 0. The smallest absolute Gasteiger partial charge is 0.125 e. The molecule has 3 rings (SSSR count). The lowest BCUT2D eigenvalue weighted by Crippen LogP contribution is -2.18. The van der Waals surface area contributed by atoms with E-state index in [0.717, 1.165) is 15.8 Å². The fraction of sp³-hybridized carbons (Fsp3) is 0.417. The first-order valence-corrected chi connectivity index (χ1v) is 6.84. The number of aromatic nitrogens is 2. The van der Waals surface area contributed by atoms with Crippen molar-refractivity contribution in [2.45, 2.75) is 31.2 Å². The van der Waals surface area contributed by atoms with Crippen LogP contribution in [0.1, 0.15) is 31.1 Å². The van der Waals surface area contributed by atoms with Crippen LogP contribution in [0.3, 0.4) is 0 Å². The van der Waals surface area contributed by atoms with Crippen molar-refractivity contribution in [1.82, 2.24) is 9.55 Å². The molecule has 0 radical (unpaired) electrons. The summed E-state index contributed by atoms with van der Waals surface area (Å²) in [5.74, 6) is 1.49. The van der Waals surface area contributed by atoms with E-state index in [2.05, 4.69) is 43.7 Å². The standard InChI is InChI=1S/C12H12BrClN2/c13-8-4-5-11-10(6-8)15-12(7-14)16(11)9-2-1-3-9/h4-6,9H,1-3,7H2. The molecule has 2 aromatic rings.